The highest BCUT2D eigenvalue weighted by Gasteiger charge is 2.38. The van der Waals surface area contributed by atoms with Gasteiger partial charge in [0.1, 0.15) is 4.75 Å². The Morgan fingerprint density at radius 1 is 1.29 bits per heavy atom. The van der Waals surface area contributed by atoms with Gasteiger partial charge in [-0.05, 0) is 44.5 Å². The normalized spacial score (nSPS) is 12.2. The molecule has 0 bridgehead atoms. The maximum absolute atomic E-state index is 12.1. The SMILES string of the molecule is CCCNCc1cccc(NC(=O)C(C)(C)S(C)(=O)=O)c1. The number of carbonyl (C=O) groups is 1. The second-order valence-electron chi connectivity index (χ2n) is 5.61. The first-order valence-corrected chi connectivity index (χ1v) is 8.88. The Morgan fingerprint density at radius 2 is 1.95 bits per heavy atom. The van der Waals surface area contributed by atoms with Gasteiger partial charge < -0.3 is 10.6 Å². The summed E-state index contributed by atoms with van der Waals surface area (Å²) in [7, 11) is -3.47. The summed E-state index contributed by atoms with van der Waals surface area (Å²) >= 11 is 0. The Bertz CT molecular complexity index is 595. The van der Waals surface area contributed by atoms with Crippen molar-refractivity contribution in [3.8, 4) is 0 Å². The lowest BCUT2D eigenvalue weighted by atomic mass is 10.1. The molecule has 1 aromatic carbocycles. The van der Waals surface area contributed by atoms with E-state index in [1.807, 2.05) is 18.2 Å². The molecule has 0 aromatic heterocycles. The van der Waals surface area contributed by atoms with E-state index in [4.69, 9.17) is 0 Å². The summed E-state index contributed by atoms with van der Waals surface area (Å²) in [5.74, 6) is -0.524. The lowest BCUT2D eigenvalue weighted by Crippen LogP contribution is -2.43. The molecule has 0 saturated heterocycles. The van der Waals surface area contributed by atoms with E-state index < -0.39 is 20.5 Å². The first-order valence-electron chi connectivity index (χ1n) is 6.99. The molecule has 0 aliphatic rings. The smallest absolute Gasteiger partial charge is 0.245 e. The Morgan fingerprint density at radius 3 is 2.52 bits per heavy atom. The Balaban J connectivity index is 2.79. The fourth-order valence-corrected chi connectivity index (χ4v) is 2.01. The maximum atomic E-state index is 12.1. The minimum atomic E-state index is -3.47. The van der Waals surface area contributed by atoms with Gasteiger partial charge in [-0.1, -0.05) is 19.1 Å². The van der Waals surface area contributed by atoms with Crippen molar-refractivity contribution in [2.45, 2.75) is 38.5 Å². The third kappa shape index (κ3) is 4.82. The number of carbonyl (C=O) groups excluding carboxylic acids is 1. The average Bonchev–Trinajstić information content (AvgIpc) is 2.38. The molecule has 1 aromatic rings. The molecule has 0 atom stereocenters. The van der Waals surface area contributed by atoms with Crippen LogP contribution >= 0.6 is 0 Å². The van der Waals surface area contributed by atoms with E-state index in [2.05, 4.69) is 17.6 Å². The van der Waals surface area contributed by atoms with E-state index in [-0.39, 0.29) is 0 Å². The van der Waals surface area contributed by atoms with Gasteiger partial charge in [0.15, 0.2) is 9.84 Å². The van der Waals surface area contributed by atoms with Crippen LogP contribution in [0, 0.1) is 0 Å². The number of rotatable bonds is 7. The van der Waals surface area contributed by atoms with Crippen molar-refractivity contribution < 1.29 is 13.2 Å². The molecule has 2 N–H and O–H groups in total. The molecule has 0 aliphatic carbocycles. The Hall–Kier alpha value is -1.40. The van der Waals surface area contributed by atoms with E-state index in [1.165, 1.54) is 13.8 Å². The fraction of sp³-hybridized carbons (Fsp3) is 0.533. The zero-order valence-corrected chi connectivity index (χ0v) is 13.9. The molecule has 21 heavy (non-hydrogen) atoms. The van der Waals surface area contributed by atoms with Gasteiger partial charge in [-0.2, -0.15) is 0 Å². The standard InChI is InChI=1S/C15H24N2O3S/c1-5-9-16-11-12-7-6-8-13(10-12)17-14(18)15(2,3)21(4,19)20/h6-8,10,16H,5,9,11H2,1-4H3,(H,17,18). The van der Waals surface area contributed by atoms with Gasteiger partial charge >= 0.3 is 0 Å². The van der Waals surface area contributed by atoms with Gasteiger partial charge in [0.25, 0.3) is 0 Å². The highest BCUT2D eigenvalue weighted by atomic mass is 32.2. The number of hydrogen-bond donors (Lipinski definition) is 2. The van der Waals surface area contributed by atoms with E-state index in [0.29, 0.717) is 12.2 Å². The van der Waals surface area contributed by atoms with Gasteiger partial charge in [-0.3, -0.25) is 4.79 Å². The van der Waals surface area contributed by atoms with E-state index in [1.54, 1.807) is 6.07 Å². The molecular weight excluding hydrogens is 288 g/mol. The summed E-state index contributed by atoms with van der Waals surface area (Å²) in [4.78, 5) is 12.1. The predicted octanol–water partition coefficient (Wildman–Crippen LogP) is 1.95. The first kappa shape index (κ1) is 17.7. The second kappa shape index (κ2) is 7.04. The number of benzene rings is 1. The molecule has 0 saturated carbocycles. The quantitative estimate of drug-likeness (QED) is 0.755. The fourth-order valence-electron chi connectivity index (χ4n) is 1.62. The number of sulfone groups is 1. The summed E-state index contributed by atoms with van der Waals surface area (Å²) < 4.78 is 21.9. The minimum Gasteiger partial charge on any atom is -0.325 e. The molecule has 5 nitrogen and oxygen atoms in total. The molecule has 1 amide bonds. The largest absolute Gasteiger partial charge is 0.325 e. The lowest BCUT2D eigenvalue weighted by molar-refractivity contribution is -0.117. The summed E-state index contributed by atoms with van der Waals surface area (Å²) in [5, 5.41) is 5.95. The van der Waals surface area contributed by atoms with Crippen molar-refractivity contribution >= 4 is 21.4 Å². The summed E-state index contributed by atoms with van der Waals surface area (Å²) in [6.07, 6.45) is 2.12. The van der Waals surface area contributed by atoms with Crippen molar-refractivity contribution in [3.63, 3.8) is 0 Å². The number of anilines is 1. The topological polar surface area (TPSA) is 75.3 Å². The number of amides is 1. The van der Waals surface area contributed by atoms with Gasteiger partial charge in [0.2, 0.25) is 5.91 Å². The number of nitrogens with one attached hydrogen (secondary N) is 2. The second-order valence-corrected chi connectivity index (χ2v) is 8.18. The van der Waals surface area contributed by atoms with Crippen LogP contribution in [0.5, 0.6) is 0 Å². The summed E-state index contributed by atoms with van der Waals surface area (Å²) in [5.41, 5.74) is 1.64. The molecule has 0 heterocycles. The van der Waals surface area contributed by atoms with Gasteiger partial charge in [0, 0.05) is 18.5 Å². The molecule has 6 heteroatoms. The predicted molar refractivity (Wildman–Crippen MR) is 86.0 cm³/mol. The van der Waals surface area contributed by atoms with Crippen LogP contribution in [-0.4, -0.2) is 31.9 Å². The highest BCUT2D eigenvalue weighted by Crippen LogP contribution is 2.19. The zero-order chi connectivity index (χ0) is 16.1. The zero-order valence-electron chi connectivity index (χ0n) is 13.1. The first-order chi connectivity index (χ1) is 9.68. The van der Waals surface area contributed by atoms with Crippen molar-refractivity contribution in [3.05, 3.63) is 29.8 Å². The summed E-state index contributed by atoms with van der Waals surface area (Å²) in [6, 6.07) is 7.39. The lowest BCUT2D eigenvalue weighted by Gasteiger charge is -2.21. The van der Waals surface area contributed by atoms with Crippen LogP contribution in [-0.2, 0) is 21.2 Å². The molecule has 1 rings (SSSR count). The van der Waals surface area contributed by atoms with E-state index >= 15 is 0 Å². The molecule has 118 valence electrons. The Labute approximate surface area is 127 Å². The van der Waals surface area contributed by atoms with Crippen molar-refractivity contribution in [1.29, 1.82) is 0 Å². The van der Waals surface area contributed by atoms with Crippen molar-refractivity contribution in [1.82, 2.24) is 5.32 Å². The average molecular weight is 312 g/mol. The highest BCUT2D eigenvalue weighted by molar-refractivity contribution is 7.92. The molecule has 0 radical (unpaired) electrons. The van der Waals surface area contributed by atoms with Crippen LogP contribution in [0.1, 0.15) is 32.8 Å². The summed E-state index contributed by atoms with van der Waals surface area (Å²) in [6.45, 7) is 6.55. The minimum absolute atomic E-state index is 0.524. The maximum Gasteiger partial charge on any atom is 0.245 e. The van der Waals surface area contributed by atoms with E-state index in [9.17, 15) is 13.2 Å². The van der Waals surface area contributed by atoms with Gasteiger partial charge in [-0.25, -0.2) is 8.42 Å². The van der Waals surface area contributed by atoms with Crippen LogP contribution in [0.3, 0.4) is 0 Å². The van der Waals surface area contributed by atoms with Crippen LogP contribution in [0.25, 0.3) is 0 Å². The van der Waals surface area contributed by atoms with Crippen LogP contribution in [0.15, 0.2) is 24.3 Å². The molecule has 0 unspecified atom stereocenters. The van der Waals surface area contributed by atoms with Crippen molar-refractivity contribution in [2.24, 2.45) is 0 Å². The number of hydrogen-bond acceptors (Lipinski definition) is 4. The van der Waals surface area contributed by atoms with Gasteiger partial charge in [-0.15, -0.1) is 0 Å². The van der Waals surface area contributed by atoms with Crippen molar-refractivity contribution in [2.75, 3.05) is 18.1 Å². The molecule has 0 fully saturated rings. The van der Waals surface area contributed by atoms with Crippen LogP contribution in [0.4, 0.5) is 5.69 Å². The third-order valence-corrected chi connectivity index (χ3v) is 5.45. The van der Waals surface area contributed by atoms with Gasteiger partial charge in [0.05, 0.1) is 0 Å². The third-order valence-electron chi connectivity index (χ3n) is 3.41. The molecule has 0 aliphatic heterocycles. The Kier molecular flexibility index (Phi) is 5.92. The molecular formula is C15H24N2O3S. The van der Waals surface area contributed by atoms with Crippen LogP contribution in [0.2, 0.25) is 0 Å². The molecule has 0 spiro atoms. The van der Waals surface area contributed by atoms with Crippen LogP contribution < -0.4 is 10.6 Å². The monoisotopic (exact) mass is 312 g/mol. The van der Waals surface area contributed by atoms with E-state index in [0.717, 1.165) is 24.8 Å².